The van der Waals surface area contributed by atoms with Crippen molar-refractivity contribution in [2.24, 2.45) is 0 Å². The van der Waals surface area contributed by atoms with E-state index in [1.165, 1.54) is 25.3 Å². The van der Waals surface area contributed by atoms with Gasteiger partial charge < -0.3 is 4.74 Å². The average molecular weight is 272 g/mol. The van der Waals surface area contributed by atoms with Crippen LogP contribution in [0.5, 0.6) is 5.75 Å². The van der Waals surface area contributed by atoms with Gasteiger partial charge >= 0.3 is 0 Å². The summed E-state index contributed by atoms with van der Waals surface area (Å²) in [5.41, 5.74) is 1.23. The molecule has 0 radical (unpaired) electrons. The van der Waals surface area contributed by atoms with Crippen LogP contribution in [-0.2, 0) is 0 Å². The number of halogens is 1. The van der Waals surface area contributed by atoms with Crippen molar-refractivity contribution in [2.75, 3.05) is 7.11 Å². The van der Waals surface area contributed by atoms with Crippen molar-refractivity contribution < 1.29 is 13.9 Å². The highest BCUT2D eigenvalue weighted by molar-refractivity contribution is 6.03. The van der Waals surface area contributed by atoms with Gasteiger partial charge in [0, 0.05) is 5.92 Å². The summed E-state index contributed by atoms with van der Waals surface area (Å²) in [5, 5.41) is 0. The second-order valence-electron chi connectivity index (χ2n) is 4.58. The first-order valence-electron chi connectivity index (χ1n) is 6.60. The molecule has 104 valence electrons. The second-order valence-corrected chi connectivity index (χ2v) is 4.58. The summed E-state index contributed by atoms with van der Waals surface area (Å²) in [7, 11) is 1.48. The molecule has 0 bridgehead atoms. The van der Waals surface area contributed by atoms with Gasteiger partial charge in [-0.1, -0.05) is 37.3 Å². The van der Waals surface area contributed by atoms with Crippen molar-refractivity contribution >= 4 is 5.78 Å². The van der Waals surface area contributed by atoms with Crippen molar-refractivity contribution in [3.8, 4) is 5.75 Å². The molecular formula is C17H17FO2. The molecule has 0 saturated carbocycles. The first kappa shape index (κ1) is 14.3. The number of carbonyl (C=O) groups excluding carboxylic acids is 1. The number of rotatable bonds is 5. The molecule has 1 unspecified atom stereocenters. The molecular weight excluding hydrogens is 255 g/mol. The summed E-state index contributed by atoms with van der Waals surface area (Å²) in [4.78, 5) is 12.7. The summed E-state index contributed by atoms with van der Waals surface area (Å²) in [6.45, 7) is 1.95. The Morgan fingerprint density at radius 1 is 1.20 bits per heavy atom. The van der Waals surface area contributed by atoms with E-state index in [0.29, 0.717) is 17.7 Å². The molecule has 0 spiro atoms. The molecule has 0 N–H and O–H groups in total. The van der Waals surface area contributed by atoms with Gasteiger partial charge in [0.05, 0.1) is 12.7 Å². The Morgan fingerprint density at radius 3 is 2.50 bits per heavy atom. The monoisotopic (exact) mass is 272 g/mol. The van der Waals surface area contributed by atoms with Crippen molar-refractivity contribution in [1.82, 2.24) is 0 Å². The van der Waals surface area contributed by atoms with E-state index >= 15 is 0 Å². The SMILES string of the molecule is CCC(C(=O)c1cc(F)ccc1OC)c1ccccc1. The summed E-state index contributed by atoms with van der Waals surface area (Å²) in [6.07, 6.45) is 0.655. The van der Waals surface area contributed by atoms with E-state index in [2.05, 4.69) is 0 Å². The second kappa shape index (κ2) is 6.33. The number of ketones is 1. The van der Waals surface area contributed by atoms with Gasteiger partial charge in [-0.15, -0.1) is 0 Å². The molecule has 1 atom stereocenters. The third-order valence-electron chi connectivity index (χ3n) is 3.35. The highest BCUT2D eigenvalue weighted by atomic mass is 19.1. The lowest BCUT2D eigenvalue weighted by Crippen LogP contribution is -2.13. The number of Topliss-reactive ketones (excluding diaryl/α,β-unsaturated/α-hetero) is 1. The topological polar surface area (TPSA) is 26.3 Å². The molecule has 0 saturated heterocycles. The first-order chi connectivity index (χ1) is 9.67. The van der Waals surface area contributed by atoms with Gasteiger partial charge in [-0.25, -0.2) is 4.39 Å². The van der Waals surface area contributed by atoms with Crippen molar-refractivity contribution in [3.05, 3.63) is 65.5 Å². The van der Waals surface area contributed by atoms with Crippen LogP contribution in [0.2, 0.25) is 0 Å². The molecule has 2 rings (SSSR count). The molecule has 0 heterocycles. The van der Waals surface area contributed by atoms with Crippen LogP contribution in [0.15, 0.2) is 48.5 Å². The Labute approximate surface area is 118 Å². The Balaban J connectivity index is 2.41. The molecule has 0 aliphatic heterocycles. The lowest BCUT2D eigenvalue weighted by Gasteiger charge is -2.16. The van der Waals surface area contributed by atoms with Gasteiger partial charge in [0.2, 0.25) is 0 Å². The lowest BCUT2D eigenvalue weighted by atomic mass is 9.88. The Bertz CT molecular complexity index is 593. The van der Waals surface area contributed by atoms with Crippen LogP contribution in [0.3, 0.4) is 0 Å². The lowest BCUT2D eigenvalue weighted by molar-refractivity contribution is 0.0954. The van der Waals surface area contributed by atoms with Crippen LogP contribution in [0.1, 0.15) is 35.2 Å². The molecule has 0 aromatic heterocycles. The van der Waals surface area contributed by atoms with Gasteiger partial charge in [0.25, 0.3) is 0 Å². The minimum absolute atomic E-state index is 0.116. The van der Waals surface area contributed by atoms with Crippen LogP contribution in [0.4, 0.5) is 4.39 Å². The minimum atomic E-state index is -0.433. The van der Waals surface area contributed by atoms with Crippen molar-refractivity contribution in [1.29, 1.82) is 0 Å². The van der Waals surface area contributed by atoms with Gasteiger partial charge in [-0.3, -0.25) is 4.79 Å². The van der Waals surface area contributed by atoms with E-state index in [1.54, 1.807) is 0 Å². The quantitative estimate of drug-likeness (QED) is 0.762. The standard InChI is InChI=1S/C17H17FO2/c1-3-14(12-7-5-4-6-8-12)17(19)15-11-13(18)9-10-16(15)20-2/h4-11,14H,3H2,1-2H3. The number of carbonyl (C=O) groups is 1. The van der Waals surface area contributed by atoms with Gasteiger partial charge in [0.1, 0.15) is 11.6 Å². The molecule has 0 fully saturated rings. The van der Waals surface area contributed by atoms with Crippen LogP contribution in [-0.4, -0.2) is 12.9 Å². The summed E-state index contributed by atoms with van der Waals surface area (Å²) in [6, 6.07) is 13.5. The predicted octanol–water partition coefficient (Wildman–Crippen LogP) is 4.21. The molecule has 2 aromatic rings. The number of benzene rings is 2. The van der Waals surface area contributed by atoms with Gasteiger partial charge in [-0.2, -0.15) is 0 Å². The van der Waals surface area contributed by atoms with Crippen LogP contribution in [0, 0.1) is 5.82 Å². The highest BCUT2D eigenvalue weighted by Gasteiger charge is 2.23. The number of hydrogen-bond donors (Lipinski definition) is 0. The molecule has 0 aliphatic carbocycles. The van der Waals surface area contributed by atoms with Gasteiger partial charge in [0.15, 0.2) is 5.78 Å². The zero-order valence-corrected chi connectivity index (χ0v) is 11.6. The average Bonchev–Trinajstić information content (AvgIpc) is 2.49. The Hall–Kier alpha value is -2.16. The zero-order valence-electron chi connectivity index (χ0n) is 11.6. The van der Waals surface area contributed by atoms with Crippen LogP contribution < -0.4 is 4.74 Å². The van der Waals surface area contributed by atoms with Crippen LogP contribution in [0.25, 0.3) is 0 Å². The van der Waals surface area contributed by atoms with E-state index in [9.17, 15) is 9.18 Å². The smallest absolute Gasteiger partial charge is 0.174 e. The minimum Gasteiger partial charge on any atom is -0.496 e. The summed E-state index contributed by atoms with van der Waals surface area (Å²) in [5.74, 6) is -0.426. The largest absolute Gasteiger partial charge is 0.496 e. The van der Waals surface area contributed by atoms with E-state index in [4.69, 9.17) is 4.74 Å². The number of ether oxygens (including phenoxy) is 1. The van der Waals surface area contributed by atoms with Crippen LogP contribution >= 0.6 is 0 Å². The fraction of sp³-hybridized carbons (Fsp3) is 0.235. The van der Waals surface area contributed by atoms with Crippen molar-refractivity contribution in [2.45, 2.75) is 19.3 Å². The third-order valence-corrected chi connectivity index (χ3v) is 3.35. The number of methoxy groups -OCH3 is 1. The highest BCUT2D eigenvalue weighted by Crippen LogP contribution is 2.29. The van der Waals surface area contributed by atoms with Gasteiger partial charge in [-0.05, 0) is 30.2 Å². The normalized spacial score (nSPS) is 11.9. The molecule has 0 aliphatic rings. The maximum atomic E-state index is 13.4. The van der Waals surface area contributed by atoms with E-state index in [1.807, 2.05) is 37.3 Å². The fourth-order valence-electron chi connectivity index (χ4n) is 2.32. The van der Waals surface area contributed by atoms with E-state index in [0.717, 1.165) is 5.56 Å². The molecule has 3 heteroatoms. The Morgan fingerprint density at radius 2 is 1.90 bits per heavy atom. The Kier molecular flexibility index (Phi) is 4.51. The maximum absolute atomic E-state index is 13.4. The van der Waals surface area contributed by atoms with Crippen molar-refractivity contribution in [3.63, 3.8) is 0 Å². The predicted molar refractivity (Wildman–Crippen MR) is 76.8 cm³/mol. The summed E-state index contributed by atoms with van der Waals surface area (Å²) < 4.78 is 18.6. The molecule has 2 aromatic carbocycles. The van der Waals surface area contributed by atoms with E-state index < -0.39 is 5.82 Å². The molecule has 2 nitrogen and oxygen atoms in total. The maximum Gasteiger partial charge on any atom is 0.174 e. The van der Waals surface area contributed by atoms with E-state index in [-0.39, 0.29) is 11.7 Å². The zero-order chi connectivity index (χ0) is 14.5. The number of hydrogen-bond acceptors (Lipinski definition) is 2. The molecule has 20 heavy (non-hydrogen) atoms. The third kappa shape index (κ3) is 2.87. The first-order valence-corrected chi connectivity index (χ1v) is 6.60. The molecule has 0 amide bonds. The summed E-state index contributed by atoms with van der Waals surface area (Å²) >= 11 is 0. The fourth-order valence-corrected chi connectivity index (χ4v) is 2.32.